The quantitative estimate of drug-likeness (QED) is 0.403. The molecule has 0 saturated carbocycles. The van der Waals surface area contributed by atoms with Crippen molar-refractivity contribution in [2.75, 3.05) is 17.9 Å². The van der Waals surface area contributed by atoms with Crippen molar-refractivity contribution in [1.29, 1.82) is 0 Å². The number of hydrogen-bond acceptors (Lipinski definition) is 6. The number of sulfonamides is 1. The molecule has 0 bridgehead atoms. The van der Waals surface area contributed by atoms with Crippen LogP contribution in [0.3, 0.4) is 0 Å². The van der Waals surface area contributed by atoms with Gasteiger partial charge in [-0.2, -0.15) is 0 Å². The maximum absolute atomic E-state index is 12.9. The van der Waals surface area contributed by atoms with E-state index in [0.29, 0.717) is 17.0 Å². The number of fused-ring (bicyclic) bond motifs is 1. The van der Waals surface area contributed by atoms with E-state index in [4.69, 9.17) is 21.4 Å². The molecule has 7 nitrogen and oxygen atoms in total. The lowest BCUT2D eigenvalue weighted by Crippen LogP contribution is -2.17. The summed E-state index contributed by atoms with van der Waals surface area (Å²) < 4.78 is 33.9. The molecule has 0 aliphatic carbocycles. The zero-order valence-electron chi connectivity index (χ0n) is 16.9. The molecule has 0 fully saturated rings. The predicted molar refractivity (Wildman–Crippen MR) is 124 cm³/mol. The average Bonchev–Trinajstić information content (AvgIpc) is 2.79. The molecule has 2 N–H and O–H groups in total. The Morgan fingerprint density at radius 3 is 2.47 bits per heavy atom. The minimum Gasteiger partial charge on any atom is -0.475 e. The first-order chi connectivity index (χ1) is 15.5. The highest BCUT2D eigenvalue weighted by atomic mass is 35.5. The Morgan fingerprint density at radius 2 is 1.72 bits per heavy atom. The first-order valence-corrected chi connectivity index (χ1v) is 11.7. The molecule has 0 atom stereocenters. The molecule has 164 valence electrons. The number of hydrogen-bond donors (Lipinski definition) is 2. The van der Waals surface area contributed by atoms with Gasteiger partial charge < -0.3 is 9.84 Å². The van der Waals surface area contributed by atoms with Gasteiger partial charge in [0.1, 0.15) is 12.9 Å². The van der Waals surface area contributed by atoms with Gasteiger partial charge in [-0.05, 0) is 40.6 Å². The van der Waals surface area contributed by atoms with E-state index in [1.165, 1.54) is 30.6 Å². The number of aromatic nitrogens is 2. The van der Waals surface area contributed by atoms with E-state index in [9.17, 15) is 8.42 Å². The minimum atomic E-state index is -3.92. The van der Waals surface area contributed by atoms with E-state index < -0.39 is 10.0 Å². The molecule has 4 rings (SSSR count). The number of ether oxygens (including phenoxy) is 1. The van der Waals surface area contributed by atoms with Gasteiger partial charge in [-0.1, -0.05) is 54.1 Å². The van der Waals surface area contributed by atoms with Crippen molar-refractivity contribution < 1.29 is 18.3 Å². The van der Waals surface area contributed by atoms with Gasteiger partial charge in [0, 0.05) is 11.4 Å². The summed E-state index contributed by atoms with van der Waals surface area (Å²) in [5, 5.41) is 11.8. The summed E-state index contributed by atoms with van der Waals surface area (Å²) >= 11 is 5.88. The van der Waals surface area contributed by atoms with Gasteiger partial charge in [-0.25, -0.2) is 18.4 Å². The smallest absolute Gasteiger partial charge is 0.263 e. The summed E-state index contributed by atoms with van der Waals surface area (Å²) in [7, 11) is -3.92. The Morgan fingerprint density at radius 1 is 0.969 bits per heavy atom. The minimum absolute atomic E-state index is 0.0190. The second kappa shape index (κ2) is 9.52. The van der Waals surface area contributed by atoms with Crippen LogP contribution in [0.2, 0.25) is 5.02 Å². The summed E-state index contributed by atoms with van der Waals surface area (Å²) in [4.78, 5) is 8.37. The van der Waals surface area contributed by atoms with Crippen molar-refractivity contribution in [3.63, 3.8) is 0 Å². The molecule has 0 aliphatic rings. The van der Waals surface area contributed by atoms with Crippen molar-refractivity contribution >= 4 is 38.2 Å². The fourth-order valence-corrected chi connectivity index (χ4v) is 4.43. The van der Waals surface area contributed by atoms with Crippen molar-refractivity contribution in [3.8, 4) is 5.88 Å². The van der Waals surface area contributed by atoms with Crippen LogP contribution in [-0.4, -0.2) is 36.7 Å². The summed E-state index contributed by atoms with van der Waals surface area (Å²) in [6.45, 7) is -0.184. The van der Waals surface area contributed by atoms with Crippen molar-refractivity contribution in [2.45, 2.75) is 11.3 Å². The number of halogens is 1. The first-order valence-electron chi connectivity index (χ1n) is 9.80. The lowest BCUT2D eigenvalue weighted by molar-refractivity contribution is 0.195. The third-order valence-corrected chi connectivity index (χ3v) is 6.39. The van der Waals surface area contributed by atoms with Crippen LogP contribution in [0.25, 0.3) is 10.8 Å². The number of nitrogens with zero attached hydrogens (tertiary/aromatic N) is 2. The lowest BCUT2D eigenvalue weighted by atomic mass is 10.0. The monoisotopic (exact) mass is 469 g/mol. The molecule has 32 heavy (non-hydrogen) atoms. The second-order valence-electron chi connectivity index (χ2n) is 7.00. The SMILES string of the molecule is O=S(=O)(Nc1ncnc(OCCO)c1Cc1ccc2ccccc2c1)c1ccc(Cl)cc1. The van der Waals surface area contributed by atoms with Crippen molar-refractivity contribution in [3.05, 3.63) is 89.2 Å². The number of nitrogens with one attached hydrogen (secondary N) is 1. The maximum atomic E-state index is 12.9. The highest BCUT2D eigenvalue weighted by Crippen LogP contribution is 2.28. The number of anilines is 1. The van der Waals surface area contributed by atoms with Crippen molar-refractivity contribution in [2.24, 2.45) is 0 Å². The molecule has 0 saturated heterocycles. The molecule has 0 spiro atoms. The summed E-state index contributed by atoms with van der Waals surface area (Å²) in [6.07, 6.45) is 1.54. The van der Waals surface area contributed by atoms with Crippen LogP contribution in [0.1, 0.15) is 11.1 Å². The fourth-order valence-electron chi connectivity index (χ4n) is 3.26. The number of aliphatic hydroxyl groups excluding tert-OH is 1. The second-order valence-corrected chi connectivity index (χ2v) is 9.11. The van der Waals surface area contributed by atoms with Crippen LogP contribution in [0.15, 0.2) is 78.0 Å². The van der Waals surface area contributed by atoms with Crippen LogP contribution in [0.5, 0.6) is 5.88 Å². The molecule has 1 heterocycles. The zero-order valence-corrected chi connectivity index (χ0v) is 18.5. The van der Waals surface area contributed by atoms with Crippen LogP contribution in [0, 0.1) is 0 Å². The van der Waals surface area contributed by atoms with Gasteiger partial charge in [0.15, 0.2) is 5.82 Å². The Labute approximate surface area is 190 Å². The van der Waals surface area contributed by atoms with Crippen LogP contribution >= 0.6 is 11.6 Å². The predicted octanol–water partition coefficient (Wildman–Crippen LogP) is 4.05. The van der Waals surface area contributed by atoms with Crippen LogP contribution in [0.4, 0.5) is 5.82 Å². The summed E-state index contributed by atoms with van der Waals surface area (Å²) in [5.74, 6) is 0.312. The molecule has 1 aromatic heterocycles. The normalized spacial score (nSPS) is 11.4. The molecule has 0 radical (unpaired) electrons. The van der Waals surface area contributed by atoms with Gasteiger partial charge >= 0.3 is 0 Å². The topological polar surface area (TPSA) is 101 Å². The highest BCUT2D eigenvalue weighted by Gasteiger charge is 2.20. The highest BCUT2D eigenvalue weighted by molar-refractivity contribution is 7.92. The number of aliphatic hydroxyl groups is 1. The molecule has 3 aromatic carbocycles. The zero-order chi connectivity index (χ0) is 22.6. The molecular weight excluding hydrogens is 450 g/mol. The van der Waals surface area contributed by atoms with E-state index in [0.717, 1.165) is 16.3 Å². The maximum Gasteiger partial charge on any atom is 0.263 e. The molecule has 0 unspecified atom stereocenters. The van der Waals surface area contributed by atoms with Crippen LogP contribution < -0.4 is 9.46 Å². The van der Waals surface area contributed by atoms with Gasteiger partial charge in [-0.3, -0.25) is 4.72 Å². The van der Waals surface area contributed by atoms with Gasteiger partial charge in [0.2, 0.25) is 5.88 Å². The fraction of sp³-hybridized carbons (Fsp3) is 0.130. The van der Waals surface area contributed by atoms with Gasteiger partial charge in [0.05, 0.1) is 17.1 Å². The molecule has 4 aromatic rings. The Bertz CT molecular complexity index is 1350. The third-order valence-electron chi connectivity index (χ3n) is 4.79. The van der Waals surface area contributed by atoms with Gasteiger partial charge in [-0.15, -0.1) is 0 Å². The summed E-state index contributed by atoms with van der Waals surface area (Å²) in [5.41, 5.74) is 1.40. The largest absolute Gasteiger partial charge is 0.475 e. The number of rotatable bonds is 8. The average molecular weight is 470 g/mol. The van der Waals surface area contributed by atoms with E-state index in [2.05, 4.69) is 14.7 Å². The Balaban J connectivity index is 1.72. The van der Waals surface area contributed by atoms with Gasteiger partial charge in [0.25, 0.3) is 10.0 Å². The Kier molecular flexibility index (Phi) is 6.55. The first kappa shape index (κ1) is 22.0. The molecule has 9 heteroatoms. The summed E-state index contributed by atoms with van der Waals surface area (Å²) in [6, 6.07) is 19.8. The van der Waals surface area contributed by atoms with E-state index in [1.54, 1.807) is 0 Å². The van der Waals surface area contributed by atoms with E-state index in [1.807, 2.05) is 42.5 Å². The molecule has 0 amide bonds. The lowest BCUT2D eigenvalue weighted by Gasteiger charge is -2.15. The molecule has 0 aliphatic heterocycles. The van der Waals surface area contributed by atoms with Crippen molar-refractivity contribution in [1.82, 2.24) is 9.97 Å². The van der Waals surface area contributed by atoms with E-state index in [-0.39, 0.29) is 29.8 Å². The number of benzene rings is 3. The standard InChI is InChI=1S/C23H20ClN3O4S/c24-19-7-9-20(10-8-19)32(29,30)27-22-21(23(26-15-25-22)31-12-11-28)14-16-5-6-17-3-1-2-4-18(17)13-16/h1-10,13,15,28H,11-12,14H2,(H,25,26,27). The molecular formula is C23H20ClN3O4S. The Hall–Kier alpha value is -3.20. The van der Waals surface area contributed by atoms with Crippen LogP contribution in [-0.2, 0) is 16.4 Å². The van der Waals surface area contributed by atoms with E-state index >= 15 is 0 Å². The third kappa shape index (κ3) is 4.99.